The molecule has 1 aromatic carbocycles. The average Bonchev–Trinajstić information content (AvgIpc) is 2.42. The normalized spacial score (nSPS) is 25.6. The van der Waals surface area contributed by atoms with Crippen LogP contribution in [0.1, 0.15) is 0 Å². The first-order valence-electron chi connectivity index (χ1n) is 4.36. The smallest absolute Gasteiger partial charge is 0.160 e. The molecule has 14 heavy (non-hydrogen) atoms. The zero-order valence-corrected chi connectivity index (χ0v) is 11.0. The van der Waals surface area contributed by atoms with Crippen molar-refractivity contribution in [3.05, 3.63) is 24.3 Å². The van der Waals surface area contributed by atoms with E-state index in [0.717, 1.165) is 0 Å². The largest absolute Gasteiger partial charge is 0.326 e. The summed E-state index contributed by atoms with van der Waals surface area (Å²) in [6, 6.07) is 8.42. The molecular weight excluding hydrogens is 231 g/mol. The molecule has 1 unspecified atom stereocenters. The molecule has 1 atom stereocenters. The van der Waals surface area contributed by atoms with Gasteiger partial charge >= 0.3 is 0 Å². The Kier molecular flexibility index (Phi) is 2.64. The van der Waals surface area contributed by atoms with Crippen LogP contribution in [0, 0.1) is 0 Å². The number of benzene rings is 1. The molecule has 0 N–H and O–H groups in total. The number of nitrogens with zero attached hydrogens (tertiary/aromatic N) is 2. The van der Waals surface area contributed by atoms with Crippen molar-refractivity contribution >= 4 is 34.4 Å². The van der Waals surface area contributed by atoms with Crippen LogP contribution in [0.15, 0.2) is 29.2 Å². The molecule has 2 rings (SSSR count). The summed E-state index contributed by atoms with van der Waals surface area (Å²) in [6.45, 7) is 0. The summed E-state index contributed by atoms with van der Waals surface area (Å²) in [5.41, 5.74) is -0.326. The van der Waals surface area contributed by atoms with Crippen LogP contribution in [0.3, 0.4) is 0 Å². The van der Waals surface area contributed by atoms with Crippen molar-refractivity contribution < 1.29 is 0 Å². The Morgan fingerprint density at radius 2 is 2.00 bits per heavy atom. The monoisotopic (exact) mass is 244 g/mol. The van der Waals surface area contributed by atoms with E-state index in [2.05, 4.69) is 54.7 Å². The Morgan fingerprint density at radius 1 is 1.36 bits per heavy atom. The van der Waals surface area contributed by atoms with Gasteiger partial charge in [0.2, 0.25) is 0 Å². The second-order valence-corrected chi connectivity index (χ2v) is 10.7. The summed E-state index contributed by atoms with van der Waals surface area (Å²) in [6.07, 6.45) is 0. The fraction of sp³-hybridized carbons (Fsp3) is 0.333. The van der Waals surface area contributed by atoms with Gasteiger partial charge in [0.15, 0.2) is 5.54 Å². The van der Waals surface area contributed by atoms with Crippen molar-refractivity contribution in [2.75, 3.05) is 25.8 Å². The summed E-state index contributed by atoms with van der Waals surface area (Å²) in [5, 5.41) is 0. The molecule has 0 aromatic heterocycles. The topological polar surface area (TPSA) is 6.48 Å². The molecular formula is C9H13N2PS2. The lowest BCUT2D eigenvalue weighted by Gasteiger charge is -2.30. The van der Waals surface area contributed by atoms with Gasteiger partial charge in [0.05, 0.1) is 5.69 Å². The zero-order chi connectivity index (χ0) is 10.3. The lowest BCUT2D eigenvalue weighted by Crippen LogP contribution is -2.18. The molecule has 76 valence electrons. The third-order valence-electron chi connectivity index (χ3n) is 2.32. The molecule has 1 heterocycles. The van der Waals surface area contributed by atoms with E-state index in [1.807, 2.05) is 11.4 Å². The van der Waals surface area contributed by atoms with Crippen LogP contribution >= 0.6 is 16.9 Å². The maximum Gasteiger partial charge on any atom is 0.160 e. The molecule has 0 amide bonds. The summed E-state index contributed by atoms with van der Waals surface area (Å²) in [5.74, 6) is 0. The van der Waals surface area contributed by atoms with E-state index in [9.17, 15) is 0 Å². The van der Waals surface area contributed by atoms with Gasteiger partial charge in [-0.15, -0.1) is 0 Å². The van der Waals surface area contributed by atoms with Crippen LogP contribution in [0.25, 0.3) is 0 Å². The minimum absolute atomic E-state index is 1.27. The summed E-state index contributed by atoms with van der Waals surface area (Å²) < 4.78 is 4.43. The molecule has 0 fully saturated rings. The van der Waals surface area contributed by atoms with Gasteiger partial charge in [0.1, 0.15) is 0 Å². The van der Waals surface area contributed by atoms with E-state index >= 15 is 0 Å². The van der Waals surface area contributed by atoms with Crippen molar-refractivity contribution in [1.82, 2.24) is 4.67 Å². The number of para-hydroxylation sites is 1. The van der Waals surface area contributed by atoms with Crippen LogP contribution in [-0.4, -0.2) is 25.8 Å². The lowest BCUT2D eigenvalue weighted by molar-refractivity contribution is 0.683. The van der Waals surface area contributed by atoms with Gasteiger partial charge in [-0.3, -0.25) is 4.67 Å². The highest BCUT2D eigenvalue weighted by Crippen LogP contribution is 2.72. The Morgan fingerprint density at radius 3 is 2.57 bits per heavy atom. The van der Waals surface area contributed by atoms with Gasteiger partial charge in [-0.25, -0.2) is 0 Å². The molecule has 0 aliphatic carbocycles. The van der Waals surface area contributed by atoms with Crippen molar-refractivity contribution in [2.45, 2.75) is 4.90 Å². The van der Waals surface area contributed by atoms with Crippen molar-refractivity contribution in [1.29, 1.82) is 0 Å². The molecule has 0 saturated carbocycles. The van der Waals surface area contributed by atoms with E-state index in [4.69, 9.17) is 11.8 Å². The standard InChI is InChI=1S/C9H13N2PS2/c1-10(2)12(13)11(3)8-6-4-5-7-9(8)14-12/h4-7H,1-3H3. The highest BCUT2D eigenvalue weighted by atomic mass is 32.9. The minimum atomic E-state index is -1.60. The van der Waals surface area contributed by atoms with E-state index in [-0.39, 0.29) is 0 Å². The predicted molar refractivity (Wildman–Crippen MR) is 68.7 cm³/mol. The van der Waals surface area contributed by atoms with Gasteiger partial charge in [-0.05, 0) is 38.0 Å². The highest BCUT2D eigenvalue weighted by molar-refractivity contribution is 8.71. The van der Waals surface area contributed by atoms with E-state index in [1.54, 1.807) is 0 Å². The first-order valence-corrected chi connectivity index (χ1v) is 8.49. The Hall–Kier alpha value is -0.0200. The molecule has 1 aliphatic rings. The Balaban J connectivity index is 2.49. The molecule has 2 nitrogen and oxygen atoms in total. The van der Waals surface area contributed by atoms with Crippen LogP contribution in [-0.2, 0) is 11.8 Å². The number of anilines is 1. The van der Waals surface area contributed by atoms with Crippen LogP contribution < -0.4 is 4.67 Å². The Labute approximate surface area is 94.1 Å². The number of hydrogen-bond acceptors (Lipinski definition) is 2. The zero-order valence-electron chi connectivity index (χ0n) is 8.47. The minimum Gasteiger partial charge on any atom is -0.326 e. The predicted octanol–water partition coefficient (Wildman–Crippen LogP) is 3.01. The van der Waals surface area contributed by atoms with E-state index in [1.165, 1.54) is 10.6 Å². The molecule has 0 bridgehead atoms. The summed E-state index contributed by atoms with van der Waals surface area (Å²) in [4.78, 5) is 1.31. The molecule has 1 aromatic rings. The number of fused-ring (bicyclic) bond motifs is 1. The molecule has 5 heteroatoms. The summed E-state index contributed by atoms with van der Waals surface area (Å²) in [7, 11) is 6.23. The summed E-state index contributed by atoms with van der Waals surface area (Å²) >= 11 is 7.58. The fourth-order valence-corrected chi connectivity index (χ4v) is 6.85. The van der Waals surface area contributed by atoms with Crippen LogP contribution in [0.2, 0.25) is 0 Å². The second-order valence-electron chi connectivity index (χ2n) is 3.42. The molecule has 1 aliphatic heterocycles. The van der Waals surface area contributed by atoms with Crippen molar-refractivity contribution in [3.63, 3.8) is 0 Å². The number of hydrogen-bond donors (Lipinski definition) is 0. The third-order valence-corrected chi connectivity index (χ3v) is 10.5. The average molecular weight is 244 g/mol. The molecule has 0 saturated heterocycles. The van der Waals surface area contributed by atoms with Crippen LogP contribution in [0.5, 0.6) is 0 Å². The first-order chi connectivity index (χ1) is 6.55. The fourth-order valence-electron chi connectivity index (χ4n) is 1.48. The highest BCUT2D eigenvalue weighted by Gasteiger charge is 2.35. The number of rotatable bonds is 1. The molecule has 0 spiro atoms. The van der Waals surface area contributed by atoms with Crippen LogP contribution in [0.4, 0.5) is 5.69 Å². The molecule has 0 radical (unpaired) electrons. The maximum absolute atomic E-state index is 5.74. The van der Waals surface area contributed by atoms with Gasteiger partial charge in [-0.1, -0.05) is 23.5 Å². The van der Waals surface area contributed by atoms with Crippen molar-refractivity contribution in [3.8, 4) is 0 Å². The van der Waals surface area contributed by atoms with Gasteiger partial charge < -0.3 is 4.67 Å². The first kappa shape index (κ1) is 10.5. The van der Waals surface area contributed by atoms with Crippen molar-refractivity contribution in [2.24, 2.45) is 0 Å². The lowest BCUT2D eigenvalue weighted by atomic mass is 10.3. The third kappa shape index (κ3) is 1.41. The van der Waals surface area contributed by atoms with E-state index < -0.39 is 5.54 Å². The van der Waals surface area contributed by atoms with Gasteiger partial charge in [0, 0.05) is 11.9 Å². The second kappa shape index (κ2) is 3.53. The maximum atomic E-state index is 5.74. The van der Waals surface area contributed by atoms with E-state index in [0.29, 0.717) is 0 Å². The van der Waals surface area contributed by atoms with Gasteiger partial charge in [-0.2, -0.15) is 0 Å². The SMILES string of the molecule is CN(C)P1(=S)Sc2ccccc2N1C. The Bertz CT molecular complexity index is 406. The quantitative estimate of drug-likeness (QED) is 0.700. The van der Waals surface area contributed by atoms with Gasteiger partial charge in [0.25, 0.3) is 0 Å².